The molecule has 0 saturated heterocycles. The van der Waals surface area contributed by atoms with Gasteiger partial charge in [-0.15, -0.1) is 0 Å². The van der Waals surface area contributed by atoms with Crippen molar-refractivity contribution in [3.05, 3.63) is 11.6 Å². The maximum atomic E-state index is 10.2. The van der Waals surface area contributed by atoms with E-state index in [1.807, 2.05) is 0 Å². The first kappa shape index (κ1) is 22.9. The molecule has 30 heavy (non-hydrogen) atoms. The van der Waals surface area contributed by atoms with Gasteiger partial charge in [-0.1, -0.05) is 66.0 Å². The van der Waals surface area contributed by atoms with Crippen molar-refractivity contribution in [1.29, 1.82) is 0 Å². The van der Waals surface area contributed by atoms with E-state index in [1.54, 1.807) is 5.57 Å². The lowest BCUT2D eigenvalue weighted by atomic mass is 9.47. The second kappa shape index (κ2) is 8.57. The van der Waals surface area contributed by atoms with Gasteiger partial charge < -0.3 is 5.11 Å². The van der Waals surface area contributed by atoms with E-state index in [0.717, 1.165) is 54.3 Å². The summed E-state index contributed by atoms with van der Waals surface area (Å²) >= 11 is 0. The molecule has 0 bridgehead atoms. The number of fused-ring (bicyclic) bond motifs is 5. The highest BCUT2D eigenvalue weighted by molar-refractivity contribution is 5.25. The maximum Gasteiger partial charge on any atom is 0.0577 e. The fourth-order valence-electron chi connectivity index (χ4n) is 9.30. The van der Waals surface area contributed by atoms with Gasteiger partial charge in [0.25, 0.3) is 0 Å². The summed E-state index contributed by atoms with van der Waals surface area (Å²) < 4.78 is 0. The van der Waals surface area contributed by atoms with Crippen molar-refractivity contribution in [3.8, 4) is 0 Å². The lowest BCUT2D eigenvalue weighted by molar-refractivity contribution is -0.0575. The van der Waals surface area contributed by atoms with Gasteiger partial charge in [-0.05, 0) is 110 Å². The molecule has 5 unspecified atom stereocenters. The van der Waals surface area contributed by atoms with Gasteiger partial charge >= 0.3 is 0 Å². The Labute approximate surface area is 187 Å². The minimum atomic E-state index is -0.0794. The predicted octanol–water partition coefficient (Wildman–Crippen LogP) is 8.02. The predicted molar refractivity (Wildman–Crippen MR) is 128 cm³/mol. The van der Waals surface area contributed by atoms with Crippen molar-refractivity contribution in [2.45, 2.75) is 118 Å². The van der Waals surface area contributed by atoms with E-state index in [1.165, 1.54) is 57.8 Å². The molecule has 3 fully saturated rings. The van der Waals surface area contributed by atoms with Gasteiger partial charge in [0.05, 0.1) is 6.10 Å². The molecule has 0 aromatic heterocycles. The fraction of sp³-hybridized carbons (Fsp3) is 0.931. The quantitative estimate of drug-likeness (QED) is 0.436. The van der Waals surface area contributed by atoms with E-state index in [-0.39, 0.29) is 6.10 Å². The van der Waals surface area contributed by atoms with Crippen LogP contribution in [0.15, 0.2) is 11.6 Å². The summed E-state index contributed by atoms with van der Waals surface area (Å²) in [6.45, 7) is 15.1. The first-order chi connectivity index (χ1) is 14.2. The Hall–Kier alpha value is -0.300. The van der Waals surface area contributed by atoms with Crippen molar-refractivity contribution in [1.82, 2.24) is 0 Å². The monoisotopic (exact) mass is 414 g/mol. The van der Waals surface area contributed by atoms with Crippen molar-refractivity contribution in [3.63, 3.8) is 0 Å². The Bertz CT molecular complexity index is 634. The Morgan fingerprint density at radius 2 is 1.77 bits per heavy atom. The number of rotatable bonds is 6. The molecule has 4 aliphatic carbocycles. The summed E-state index contributed by atoms with van der Waals surface area (Å²) in [7, 11) is 0. The van der Waals surface area contributed by atoms with Gasteiger partial charge in [-0.2, -0.15) is 0 Å². The molecule has 4 rings (SSSR count). The highest BCUT2D eigenvalue weighted by Crippen LogP contribution is 2.67. The first-order valence-electron chi connectivity index (χ1n) is 13.6. The van der Waals surface area contributed by atoms with E-state index in [4.69, 9.17) is 0 Å². The number of hydrogen-bond donors (Lipinski definition) is 1. The van der Waals surface area contributed by atoms with E-state index in [2.05, 4.69) is 47.6 Å². The Balaban J connectivity index is 1.47. The Morgan fingerprint density at radius 1 is 1.00 bits per heavy atom. The van der Waals surface area contributed by atoms with E-state index in [9.17, 15) is 5.11 Å². The third kappa shape index (κ3) is 3.74. The molecule has 0 radical (unpaired) electrons. The largest absolute Gasteiger partial charge is 0.393 e. The van der Waals surface area contributed by atoms with Crippen LogP contribution in [0.1, 0.15) is 112 Å². The van der Waals surface area contributed by atoms with Gasteiger partial charge in [-0.25, -0.2) is 0 Å². The highest BCUT2D eigenvalue weighted by Gasteiger charge is 2.59. The summed E-state index contributed by atoms with van der Waals surface area (Å²) in [4.78, 5) is 0. The Kier molecular flexibility index (Phi) is 6.53. The minimum absolute atomic E-state index is 0.0794. The molecule has 1 nitrogen and oxygen atoms in total. The zero-order chi connectivity index (χ0) is 21.7. The molecule has 0 aromatic carbocycles. The Morgan fingerprint density at radius 3 is 2.47 bits per heavy atom. The standard InChI is InChI=1S/C29H50O/c1-7-21(19(2)3)9-8-20(4)25-12-13-26-24-11-10-22-18-23(30)14-16-28(22,5)27(24)15-17-29(25,26)6/h10,19-21,23-27,30H,7-9,11-18H2,1-6H3/t20?,21?,23-,24-,25?,26?,27?,28-,29+/m0/s1. The van der Waals surface area contributed by atoms with Crippen molar-refractivity contribution >= 4 is 0 Å². The van der Waals surface area contributed by atoms with Crippen LogP contribution in [-0.2, 0) is 0 Å². The van der Waals surface area contributed by atoms with E-state index in [0.29, 0.717) is 10.8 Å². The normalized spacial score (nSPS) is 45.3. The molecule has 0 amide bonds. The fourth-order valence-corrected chi connectivity index (χ4v) is 9.30. The van der Waals surface area contributed by atoms with Crippen LogP contribution < -0.4 is 0 Å². The van der Waals surface area contributed by atoms with Crippen LogP contribution in [0.25, 0.3) is 0 Å². The number of aliphatic hydroxyl groups is 1. The molecular weight excluding hydrogens is 364 g/mol. The average Bonchev–Trinajstić information content (AvgIpc) is 3.06. The first-order valence-corrected chi connectivity index (χ1v) is 13.6. The molecule has 0 spiro atoms. The summed E-state index contributed by atoms with van der Waals surface area (Å²) in [5.74, 6) is 6.31. The van der Waals surface area contributed by atoms with Crippen LogP contribution in [0.5, 0.6) is 0 Å². The third-order valence-corrected chi connectivity index (χ3v) is 11.3. The van der Waals surface area contributed by atoms with Crippen LogP contribution in [0.4, 0.5) is 0 Å². The SMILES string of the molecule is CCC(CCC(C)C1CCC2[C@@H]3CC=C4C[C@@H](O)CC[C@]4(C)C3CC[C@]12C)C(C)C. The van der Waals surface area contributed by atoms with Crippen molar-refractivity contribution in [2.24, 2.45) is 52.3 Å². The summed E-state index contributed by atoms with van der Waals surface area (Å²) in [5.41, 5.74) is 2.59. The van der Waals surface area contributed by atoms with Gasteiger partial charge in [0.2, 0.25) is 0 Å². The molecule has 3 saturated carbocycles. The van der Waals surface area contributed by atoms with Crippen molar-refractivity contribution in [2.75, 3.05) is 0 Å². The molecule has 1 N–H and O–H groups in total. The summed E-state index contributed by atoms with van der Waals surface area (Å²) in [6, 6.07) is 0. The molecule has 1 heteroatoms. The van der Waals surface area contributed by atoms with Crippen LogP contribution in [0.2, 0.25) is 0 Å². The summed E-state index contributed by atoms with van der Waals surface area (Å²) in [6.07, 6.45) is 17.1. The topological polar surface area (TPSA) is 20.2 Å². The maximum absolute atomic E-state index is 10.2. The van der Waals surface area contributed by atoms with E-state index < -0.39 is 0 Å². The molecular formula is C29H50O. The number of aliphatic hydroxyl groups excluding tert-OH is 1. The lowest BCUT2D eigenvalue weighted by Crippen LogP contribution is -2.50. The second-order valence-corrected chi connectivity index (χ2v) is 12.9. The number of allylic oxidation sites excluding steroid dienone is 1. The van der Waals surface area contributed by atoms with Gasteiger partial charge in [0, 0.05) is 0 Å². The van der Waals surface area contributed by atoms with Gasteiger partial charge in [0.15, 0.2) is 0 Å². The van der Waals surface area contributed by atoms with Crippen LogP contribution in [0.3, 0.4) is 0 Å². The average molecular weight is 415 g/mol. The van der Waals surface area contributed by atoms with Crippen LogP contribution in [0, 0.1) is 52.3 Å². The molecule has 0 aliphatic heterocycles. The lowest BCUT2D eigenvalue weighted by Gasteiger charge is -2.58. The second-order valence-electron chi connectivity index (χ2n) is 12.9. The molecule has 9 atom stereocenters. The van der Waals surface area contributed by atoms with Gasteiger partial charge in [-0.3, -0.25) is 0 Å². The van der Waals surface area contributed by atoms with E-state index >= 15 is 0 Å². The molecule has 0 aromatic rings. The highest BCUT2D eigenvalue weighted by atomic mass is 16.3. The molecule has 172 valence electrons. The van der Waals surface area contributed by atoms with Crippen LogP contribution >= 0.6 is 0 Å². The zero-order valence-corrected chi connectivity index (χ0v) is 20.9. The minimum Gasteiger partial charge on any atom is -0.393 e. The smallest absolute Gasteiger partial charge is 0.0577 e. The van der Waals surface area contributed by atoms with Crippen molar-refractivity contribution < 1.29 is 5.11 Å². The van der Waals surface area contributed by atoms with Gasteiger partial charge in [0.1, 0.15) is 0 Å². The molecule has 0 heterocycles. The zero-order valence-electron chi connectivity index (χ0n) is 20.9. The number of hydrogen-bond acceptors (Lipinski definition) is 1. The summed E-state index contributed by atoms with van der Waals surface area (Å²) in [5, 5.41) is 10.2. The third-order valence-electron chi connectivity index (χ3n) is 11.3. The van der Waals surface area contributed by atoms with Crippen LogP contribution in [-0.4, -0.2) is 11.2 Å². The molecule has 4 aliphatic rings.